The third-order valence-electron chi connectivity index (χ3n) is 9.54. The molecule has 0 heterocycles. The first-order valence-corrected chi connectivity index (χ1v) is 22.8. The number of esters is 2. The van der Waals surface area contributed by atoms with Crippen molar-refractivity contribution in [2.24, 2.45) is 0 Å². The SMILES string of the molecule is CC/C=C\C/C=C\C/C=C\CCCCCCCC(=O)OC(COCCCCCCCC)COC(=O)CCCCCCCCC/C=C\C/C=C\CCCCC. The Bertz CT molecular complexity index is 946. The quantitative estimate of drug-likeness (QED) is 0.0353. The molecule has 0 N–H and O–H groups in total. The van der Waals surface area contributed by atoms with Crippen molar-refractivity contribution in [3.8, 4) is 0 Å². The summed E-state index contributed by atoms with van der Waals surface area (Å²) < 4.78 is 17.2. The van der Waals surface area contributed by atoms with Gasteiger partial charge in [0.05, 0.1) is 6.61 Å². The summed E-state index contributed by atoms with van der Waals surface area (Å²) in [6.45, 7) is 7.63. The van der Waals surface area contributed by atoms with E-state index in [2.05, 4.69) is 81.5 Å². The summed E-state index contributed by atoms with van der Waals surface area (Å²) in [5, 5.41) is 0. The van der Waals surface area contributed by atoms with Crippen LogP contribution in [0.3, 0.4) is 0 Å². The van der Waals surface area contributed by atoms with Gasteiger partial charge in [0.1, 0.15) is 6.61 Å². The van der Waals surface area contributed by atoms with Crippen LogP contribution < -0.4 is 0 Å². The highest BCUT2D eigenvalue weighted by molar-refractivity contribution is 5.70. The van der Waals surface area contributed by atoms with Crippen molar-refractivity contribution in [1.29, 1.82) is 0 Å². The number of unbranched alkanes of at least 4 members (excludes halogenated alkanes) is 20. The van der Waals surface area contributed by atoms with Crippen LogP contribution in [0, 0.1) is 0 Å². The fraction of sp³-hybridized carbons (Fsp3) is 0.755. The molecule has 0 saturated heterocycles. The van der Waals surface area contributed by atoms with Crippen LogP contribution in [-0.4, -0.2) is 37.9 Å². The van der Waals surface area contributed by atoms with E-state index in [0.717, 1.165) is 83.5 Å². The van der Waals surface area contributed by atoms with Gasteiger partial charge in [0.15, 0.2) is 6.10 Å². The molecule has 1 atom stereocenters. The first-order chi connectivity index (χ1) is 26.6. The fourth-order valence-electron chi connectivity index (χ4n) is 6.14. The maximum Gasteiger partial charge on any atom is 0.306 e. The van der Waals surface area contributed by atoms with Gasteiger partial charge in [0.25, 0.3) is 0 Å². The standard InChI is InChI=1S/C49H86O5/c1-4-7-10-13-16-18-20-22-24-25-27-28-30-32-34-36-39-42-48(50)53-46-47(45-52-44-41-38-15-12-9-6-3)54-49(51)43-40-37-35-33-31-29-26-23-21-19-17-14-11-8-5-2/h8,11,16-19,22-24,26,47H,4-7,9-10,12-15,20-21,25,27-46H2,1-3H3/b11-8-,18-16-,19-17-,24-22-,26-23-. The second-order valence-electron chi connectivity index (χ2n) is 14.9. The zero-order valence-electron chi connectivity index (χ0n) is 35.7. The Morgan fingerprint density at radius 1 is 0.426 bits per heavy atom. The molecule has 0 aromatic carbocycles. The van der Waals surface area contributed by atoms with Crippen molar-refractivity contribution >= 4 is 11.9 Å². The molecule has 0 fully saturated rings. The van der Waals surface area contributed by atoms with Crippen LogP contribution in [-0.2, 0) is 23.8 Å². The molecule has 0 radical (unpaired) electrons. The number of allylic oxidation sites excluding steroid dienone is 10. The molecule has 0 aromatic rings. The maximum atomic E-state index is 12.7. The monoisotopic (exact) mass is 755 g/mol. The summed E-state index contributed by atoms with van der Waals surface area (Å²) in [6, 6.07) is 0. The molecule has 0 bridgehead atoms. The topological polar surface area (TPSA) is 61.8 Å². The van der Waals surface area contributed by atoms with Gasteiger partial charge in [-0.2, -0.15) is 0 Å². The van der Waals surface area contributed by atoms with E-state index in [0.29, 0.717) is 19.4 Å². The molecule has 1 unspecified atom stereocenters. The zero-order chi connectivity index (χ0) is 39.3. The van der Waals surface area contributed by atoms with E-state index in [1.807, 2.05) is 0 Å². The molecular formula is C49H86O5. The largest absolute Gasteiger partial charge is 0.462 e. The first kappa shape index (κ1) is 51.6. The molecule has 5 heteroatoms. The predicted molar refractivity (Wildman–Crippen MR) is 233 cm³/mol. The van der Waals surface area contributed by atoms with E-state index in [1.54, 1.807) is 0 Å². The van der Waals surface area contributed by atoms with E-state index < -0.39 is 6.10 Å². The molecule has 0 aliphatic rings. The lowest BCUT2D eigenvalue weighted by molar-refractivity contribution is -0.163. The summed E-state index contributed by atoms with van der Waals surface area (Å²) in [4.78, 5) is 25.2. The molecule has 0 aliphatic heterocycles. The number of carbonyl (C=O) groups is 2. The molecule has 0 spiro atoms. The van der Waals surface area contributed by atoms with Gasteiger partial charge in [-0.05, 0) is 83.5 Å². The Labute approximate surface area is 334 Å². The Hall–Kier alpha value is -2.40. The van der Waals surface area contributed by atoms with E-state index >= 15 is 0 Å². The first-order valence-electron chi connectivity index (χ1n) is 22.8. The molecule has 54 heavy (non-hydrogen) atoms. The summed E-state index contributed by atoms with van der Waals surface area (Å²) in [5.41, 5.74) is 0. The molecule has 0 aromatic heterocycles. The second kappa shape index (κ2) is 45.0. The minimum Gasteiger partial charge on any atom is -0.462 e. The fourth-order valence-corrected chi connectivity index (χ4v) is 6.14. The van der Waals surface area contributed by atoms with Crippen molar-refractivity contribution in [2.45, 2.75) is 219 Å². The highest BCUT2D eigenvalue weighted by Crippen LogP contribution is 2.13. The predicted octanol–water partition coefficient (Wildman–Crippen LogP) is 15.0. The van der Waals surface area contributed by atoms with Gasteiger partial charge in [-0.15, -0.1) is 0 Å². The highest BCUT2D eigenvalue weighted by Gasteiger charge is 2.17. The third-order valence-corrected chi connectivity index (χ3v) is 9.54. The average molecular weight is 755 g/mol. The zero-order valence-corrected chi connectivity index (χ0v) is 35.7. The van der Waals surface area contributed by atoms with E-state index in [4.69, 9.17) is 14.2 Å². The third kappa shape index (κ3) is 42.3. The minimum absolute atomic E-state index is 0.0734. The minimum atomic E-state index is -0.544. The van der Waals surface area contributed by atoms with Gasteiger partial charge in [-0.3, -0.25) is 9.59 Å². The Morgan fingerprint density at radius 3 is 1.37 bits per heavy atom. The van der Waals surface area contributed by atoms with Crippen molar-refractivity contribution < 1.29 is 23.8 Å². The molecule has 0 rings (SSSR count). The van der Waals surface area contributed by atoms with Crippen LogP contribution in [0.15, 0.2) is 60.8 Å². The molecule has 312 valence electrons. The van der Waals surface area contributed by atoms with Crippen molar-refractivity contribution in [3.05, 3.63) is 60.8 Å². The van der Waals surface area contributed by atoms with Gasteiger partial charge < -0.3 is 14.2 Å². The number of hydrogen-bond donors (Lipinski definition) is 0. The molecular weight excluding hydrogens is 669 g/mol. The summed E-state index contributed by atoms with van der Waals surface area (Å²) in [5.74, 6) is -0.428. The van der Waals surface area contributed by atoms with Gasteiger partial charge in [-0.1, -0.05) is 178 Å². The molecule has 0 aliphatic carbocycles. The lowest BCUT2D eigenvalue weighted by Crippen LogP contribution is -2.30. The number of carbonyl (C=O) groups excluding carboxylic acids is 2. The molecule has 0 amide bonds. The van der Waals surface area contributed by atoms with Crippen molar-refractivity contribution in [3.63, 3.8) is 0 Å². The normalized spacial score (nSPS) is 12.7. The van der Waals surface area contributed by atoms with Crippen LogP contribution in [0.2, 0.25) is 0 Å². The second-order valence-corrected chi connectivity index (χ2v) is 14.9. The average Bonchev–Trinajstić information content (AvgIpc) is 3.17. The van der Waals surface area contributed by atoms with Crippen LogP contribution in [0.5, 0.6) is 0 Å². The van der Waals surface area contributed by atoms with Crippen LogP contribution in [0.1, 0.15) is 213 Å². The lowest BCUT2D eigenvalue weighted by atomic mass is 10.1. The van der Waals surface area contributed by atoms with E-state index in [1.165, 1.54) is 96.3 Å². The lowest BCUT2D eigenvalue weighted by Gasteiger charge is -2.18. The number of hydrogen-bond acceptors (Lipinski definition) is 5. The van der Waals surface area contributed by atoms with Crippen LogP contribution >= 0.6 is 0 Å². The van der Waals surface area contributed by atoms with E-state index in [9.17, 15) is 9.59 Å². The molecule has 0 saturated carbocycles. The van der Waals surface area contributed by atoms with Gasteiger partial charge in [-0.25, -0.2) is 0 Å². The van der Waals surface area contributed by atoms with Crippen LogP contribution in [0.4, 0.5) is 0 Å². The Balaban J connectivity index is 4.15. The van der Waals surface area contributed by atoms with Gasteiger partial charge in [0, 0.05) is 19.4 Å². The van der Waals surface area contributed by atoms with Crippen LogP contribution in [0.25, 0.3) is 0 Å². The summed E-state index contributed by atoms with van der Waals surface area (Å²) >= 11 is 0. The smallest absolute Gasteiger partial charge is 0.306 e. The van der Waals surface area contributed by atoms with E-state index in [-0.39, 0.29) is 25.2 Å². The van der Waals surface area contributed by atoms with Gasteiger partial charge in [0.2, 0.25) is 0 Å². The van der Waals surface area contributed by atoms with Gasteiger partial charge >= 0.3 is 11.9 Å². The van der Waals surface area contributed by atoms with Crippen molar-refractivity contribution in [2.75, 3.05) is 19.8 Å². The Morgan fingerprint density at radius 2 is 0.833 bits per heavy atom. The van der Waals surface area contributed by atoms with Crippen molar-refractivity contribution in [1.82, 2.24) is 0 Å². The highest BCUT2D eigenvalue weighted by atomic mass is 16.6. The maximum absolute atomic E-state index is 12.7. The Kier molecular flexibility index (Phi) is 43.0. The molecule has 5 nitrogen and oxygen atoms in total. The number of rotatable bonds is 41. The number of ether oxygens (including phenoxy) is 3. The summed E-state index contributed by atoms with van der Waals surface area (Å²) in [7, 11) is 0. The summed E-state index contributed by atoms with van der Waals surface area (Å²) in [6.07, 6.45) is 55.1.